The summed E-state index contributed by atoms with van der Waals surface area (Å²) >= 11 is 0. The standard InChI is InChI=1S/C22H23FN4O3/c1-14(28)11-20-25-19-12-15(22(29)26-9-7-16(23)8-10-26)13-24-21(19)27(20)17-3-5-18(30-2)6-4-17/h3-6,12-13,16H,7-11H2,1-2H3. The zero-order valence-electron chi connectivity index (χ0n) is 17.0. The van der Waals surface area contributed by atoms with Crippen molar-refractivity contribution in [3.8, 4) is 11.4 Å². The predicted molar refractivity (Wildman–Crippen MR) is 110 cm³/mol. The molecule has 1 aromatic carbocycles. The first-order chi connectivity index (χ1) is 14.5. The smallest absolute Gasteiger partial charge is 0.255 e. The molecule has 7 nitrogen and oxygen atoms in total. The molecule has 0 saturated carbocycles. The third-order valence-electron chi connectivity index (χ3n) is 5.26. The molecule has 1 amide bonds. The number of pyridine rings is 1. The summed E-state index contributed by atoms with van der Waals surface area (Å²) in [6.07, 6.45) is 1.54. The van der Waals surface area contributed by atoms with Crippen LogP contribution in [0.5, 0.6) is 5.75 Å². The number of fused-ring (bicyclic) bond motifs is 1. The highest BCUT2D eigenvalue weighted by Crippen LogP contribution is 2.24. The largest absolute Gasteiger partial charge is 0.497 e. The Hall–Kier alpha value is -3.29. The number of alkyl halides is 1. The Kier molecular flexibility index (Phi) is 5.48. The maximum absolute atomic E-state index is 13.4. The third-order valence-corrected chi connectivity index (χ3v) is 5.26. The lowest BCUT2D eigenvalue weighted by molar-refractivity contribution is -0.116. The van der Waals surface area contributed by atoms with Crippen LogP contribution in [0, 0.1) is 0 Å². The molecule has 8 heteroatoms. The summed E-state index contributed by atoms with van der Waals surface area (Å²) in [5.41, 5.74) is 2.31. The molecule has 156 valence electrons. The van der Waals surface area contributed by atoms with Gasteiger partial charge in [-0.25, -0.2) is 14.4 Å². The lowest BCUT2D eigenvalue weighted by Gasteiger charge is -2.28. The second-order valence-corrected chi connectivity index (χ2v) is 7.47. The van der Waals surface area contributed by atoms with E-state index in [1.54, 1.807) is 18.1 Å². The number of Topliss-reactive ketones (excluding diaryl/α,β-unsaturated/α-hetero) is 1. The second kappa shape index (κ2) is 8.22. The lowest BCUT2D eigenvalue weighted by atomic mass is 10.1. The van der Waals surface area contributed by atoms with Gasteiger partial charge in [-0.1, -0.05) is 0 Å². The van der Waals surface area contributed by atoms with Gasteiger partial charge in [-0.05, 0) is 50.1 Å². The molecule has 4 rings (SSSR count). The van der Waals surface area contributed by atoms with E-state index in [1.807, 2.05) is 28.8 Å². The molecule has 0 unspecified atom stereocenters. The topological polar surface area (TPSA) is 77.3 Å². The number of methoxy groups -OCH3 is 1. The summed E-state index contributed by atoms with van der Waals surface area (Å²) in [6, 6.07) is 9.07. The third kappa shape index (κ3) is 3.90. The van der Waals surface area contributed by atoms with Crippen LogP contribution in [0.3, 0.4) is 0 Å². The van der Waals surface area contributed by atoms with Crippen LogP contribution in [0.1, 0.15) is 35.9 Å². The highest BCUT2D eigenvalue weighted by atomic mass is 19.1. The molecule has 0 aliphatic carbocycles. The number of piperidine rings is 1. The van der Waals surface area contributed by atoms with Gasteiger partial charge in [-0.15, -0.1) is 0 Å². The van der Waals surface area contributed by atoms with Gasteiger partial charge in [0.2, 0.25) is 0 Å². The molecular formula is C22H23FN4O3. The summed E-state index contributed by atoms with van der Waals surface area (Å²) < 4.78 is 20.4. The van der Waals surface area contributed by atoms with Crippen molar-refractivity contribution in [3.63, 3.8) is 0 Å². The zero-order valence-corrected chi connectivity index (χ0v) is 17.0. The van der Waals surface area contributed by atoms with Crippen LogP contribution in [0.2, 0.25) is 0 Å². The van der Waals surface area contributed by atoms with E-state index in [2.05, 4.69) is 9.97 Å². The van der Waals surface area contributed by atoms with Crippen LogP contribution < -0.4 is 4.74 Å². The summed E-state index contributed by atoms with van der Waals surface area (Å²) in [5.74, 6) is 1.07. The van der Waals surface area contributed by atoms with E-state index in [4.69, 9.17) is 4.74 Å². The lowest BCUT2D eigenvalue weighted by Crippen LogP contribution is -2.39. The number of hydrogen-bond acceptors (Lipinski definition) is 5. The summed E-state index contributed by atoms with van der Waals surface area (Å²) in [5, 5.41) is 0. The molecule has 30 heavy (non-hydrogen) atoms. The molecular weight excluding hydrogens is 387 g/mol. The van der Waals surface area contributed by atoms with Crippen LogP contribution in [-0.4, -0.2) is 57.5 Å². The van der Waals surface area contributed by atoms with E-state index in [0.29, 0.717) is 54.2 Å². The molecule has 1 saturated heterocycles. The van der Waals surface area contributed by atoms with Crippen molar-refractivity contribution in [2.45, 2.75) is 32.4 Å². The maximum atomic E-state index is 13.4. The van der Waals surface area contributed by atoms with Crippen molar-refractivity contribution in [1.82, 2.24) is 19.4 Å². The second-order valence-electron chi connectivity index (χ2n) is 7.47. The van der Waals surface area contributed by atoms with E-state index in [-0.39, 0.29) is 18.1 Å². The number of amides is 1. The van der Waals surface area contributed by atoms with Gasteiger partial charge in [-0.3, -0.25) is 14.2 Å². The van der Waals surface area contributed by atoms with Crippen LogP contribution in [0.4, 0.5) is 4.39 Å². The van der Waals surface area contributed by atoms with Crippen molar-refractivity contribution in [2.24, 2.45) is 0 Å². The van der Waals surface area contributed by atoms with Crippen molar-refractivity contribution in [3.05, 3.63) is 47.9 Å². The van der Waals surface area contributed by atoms with Crippen LogP contribution in [0.15, 0.2) is 36.5 Å². The number of rotatable bonds is 5. The molecule has 0 spiro atoms. The molecule has 1 aliphatic heterocycles. The Bertz CT molecular complexity index is 1090. The number of hydrogen-bond donors (Lipinski definition) is 0. The Morgan fingerprint density at radius 1 is 1.20 bits per heavy atom. The van der Waals surface area contributed by atoms with Crippen molar-refractivity contribution >= 4 is 22.9 Å². The number of carbonyl (C=O) groups is 2. The normalized spacial score (nSPS) is 14.8. The molecule has 3 heterocycles. The number of nitrogens with zero attached hydrogens (tertiary/aromatic N) is 4. The SMILES string of the molecule is COc1ccc(-n2c(CC(C)=O)nc3cc(C(=O)N4CCC(F)CC4)cnc32)cc1. The molecule has 2 aromatic heterocycles. The molecule has 0 radical (unpaired) electrons. The average Bonchev–Trinajstić information content (AvgIpc) is 3.10. The number of aromatic nitrogens is 3. The van der Waals surface area contributed by atoms with Crippen LogP contribution in [0.25, 0.3) is 16.9 Å². The highest BCUT2D eigenvalue weighted by molar-refractivity contribution is 5.96. The summed E-state index contributed by atoms with van der Waals surface area (Å²) in [7, 11) is 1.60. The van der Waals surface area contributed by atoms with Gasteiger partial charge in [0.1, 0.15) is 29.0 Å². The van der Waals surface area contributed by atoms with Crippen molar-refractivity contribution in [1.29, 1.82) is 0 Å². The number of ketones is 1. The van der Waals surface area contributed by atoms with Gasteiger partial charge < -0.3 is 9.64 Å². The Balaban J connectivity index is 1.73. The zero-order chi connectivity index (χ0) is 21.3. The monoisotopic (exact) mass is 410 g/mol. The first-order valence-corrected chi connectivity index (χ1v) is 9.91. The molecule has 0 bridgehead atoms. The number of carbonyl (C=O) groups excluding carboxylic acids is 2. The first-order valence-electron chi connectivity index (χ1n) is 9.91. The highest BCUT2D eigenvalue weighted by Gasteiger charge is 2.24. The maximum Gasteiger partial charge on any atom is 0.255 e. The minimum Gasteiger partial charge on any atom is -0.497 e. The van der Waals surface area contributed by atoms with Crippen molar-refractivity contribution in [2.75, 3.05) is 20.2 Å². The van der Waals surface area contributed by atoms with Gasteiger partial charge in [0.25, 0.3) is 5.91 Å². The Morgan fingerprint density at radius 2 is 1.90 bits per heavy atom. The van der Waals surface area contributed by atoms with Gasteiger partial charge >= 0.3 is 0 Å². The fraction of sp³-hybridized carbons (Fsp3) is 0.364. The number of likely N-dealkylation sites (tertiary alicyclic amines) is 1. The van der Waals surface area contributed by atoms with E-state index < -0.39 is 6.17 Å². The van der Waals surface area contributed by atoms with E-state index >= 15 is 0 Å². The minimum absolute atomic E-state index is 0.0227. The number of halogens is 1. The summed E-state index contributed by atoms with van der Waals surface area (Å²) in [6.45, 7) is 2.30. The van der Waals surface area contributed by atoms with Gasteiger partial charge in [0.05, 0.1) is 19.1 Å². The molecule has 1 aliphatic rings. The summed E-state index contributed by atoms with van der Waals surface area (Å²) in [4.78, 5) is 35.4. The Morgan fingerprint density at radius 3 is 2.53 bits per heavy atom. The van der Waals surface area contributed by atoms with Gasteiger partial charge in [-0.2, -0.15) is 0 Å². The van der Waals surface area contributed by atoms with Crippen LogP contribution >= 0.6 is 0 Å². The number of benzene rings is 1. The molecule has 3 aromatic rings. The fourth-order valence-corrected chi connectivity index (χ4v) is 3.71. The number of imidazole rings is 1. The molecule has 1 fully saturated rings. The molecule has 0 N–H and O–H groups in total. The van der Waals surface area contributed by atoms with E-state index in [1.165, 1.54) is 13.1 Å². The van der Waals surface area contributed by atoms with Crippen LogP contribution in [-0.2, 0) is 11.2 Å². The predicted octanol–water partition coefficient (Wildman–Crippen LogP) is 3.13. The fourth-order valence-electron chi connectivity index (χ4n) is 3.71. The number of ether oxygens (including phenoxy) is 1. The van der Waals surface area contributed by atoms with E-state index in [9.17, 15) is 14.0 Å². The Labute approximate surface area is 173 Å². The van der Waals surface area contributed by atoms with E-state index in [0.717, 1.165) is 5.69 Å². The minimum atomic E-state index is -0.844. The van der Waals surface area contributed by atoms with Gasteiger partial charge in [0, 0.05) is 25.0 Å². The quantitative estimate of drug-likeness (QED) is 0.646. The molecule has 0 atom stereocenters. The average molecular weight is 410 g/mol. The first kappa shape index (κ1) is 20.0. The van der Waals surface area contributed by atoms with Crippen molar-refractivity contribution < 1.29 is 18.7 Å². The van der Waals surface area contributed by atoms with Gasteiger partial charge in [0.15, 0.2) is 5.65 Å².